The minimum Gasteiger partial charge on any atom is -0.459 e. The highest BCUT2D eigenvalue weighted by atomic mass is 16.5. The van der Waals surface area contributed by atoms with E-state index in [0.717, 1.165) is 52.1 Å². The van der Waals surface area contributed by atoms with Gasteiger partial charge in [0.15, 0.2) is 0 Å². The fourth-order valence-electron chi connectivity index (χ4n) is 4.08. The van der Waals surface area contributed by atoms with Crippen molar-refractivity contribution in [3.8, 4) is 22.6 Å². The first-order chi connectivity index (χ1) is 15.1. The van der Waals surface area contributed by atoms with Crippen LogP contribution in [-0.2, 0) is 4.74 Å². The number of aromatic amines is 1. The number of nitrogens with zero attached hydrogens (tertiary/aromatic N) is 3. The molecule has 31 heavy (non-hydrogen) atoms. The highest BCUT2D eigenvalue weighted by Gasteiger charge is 2.25. The number of nitrogens with two attached hydrogens (primary N) is 1. The maximum Gasteiger partial charge on any atom is 0.339 e. The van der Waals surface area contributed by atoms with Crippen LogP contribution < -0.4 is 5.73 Å². The minimum absolute atomic E-state index is 0.112. The van der Waals surface area contributed by atoms with Gasteiger partial charge in [-0.3, -0.25) is 9.97 Å². The van der Waals surface area contributed by atoms with E-state index in [-0.39, 0.29) is 18.1 Å². The van der Waals surface area contributed by atoms with E-state index in [2.05, 4.69) is 19.9 Å². The fourth-order valence-corrected chi connectivity index (χ4v) is 4.08. The van der Waals surface area contributed by atoms with Gasteiger partial charge in [-0.1, -0.05) is 12.1 Å². The van der Waals surface area contributed by atoms with Crippen molar-refractivity contribution in [3.63, 3.8) is 0 Å². The number of ether oxygens (including phenoxy) is 1. The zero-order valence-electron chi connectivity index (χ0n) is 17.2. The number of H-pyrrole nitrogens is 1. The molecule has 7 nitrogen and oxygen atoms in total. The molecule has 0 bridgehead atoms. The van der Waals surface area contributed by atoms with Crippen molar-refractivity contribution < 1.29 is 9.53 Å². The van der Waals surface area contributed by atoms with Gasteiger partial charge in [0.05, 0.1) is 34.5 Å². The van der Waals surface area contributed by atoms with E-state index in [4.69, 9.17) is 10.5 Å². The summed E-state index contributed by atoms with van der Waals surface area (Å²) < 4.78 is 5.62. The van der Waals surface area contributed by atoms with Gasteiger partial charge in [-0.25, -0.2) is 9.78 Å². The quantitative estimate of drug-likeness (QED) is 0.489. The predicted molar refractivity (Wildman–Crippen MR) is 118 cm³/mol. The molecule has 3 heterocycles. The lowest BCUT2D eigenvalue weighted by molar-refractivity contribution is 0.0315. The molecule has 0 saturated heterocycles. The third-order valence-electron chi connectivity index (χ3n) is 5.67. The molecule has 156 valence electrons. The normalized spacial score (nSPS) is 18.4. The summed E-state index contributed by atoms with van der Waals surface area (Å²) in [6, 6.07) is 13.7. The summed E-state index contributed by atoms with van der Waals surface area (Å²) in [6.07, 6.45) is 5.53. The summed E-state index contributed by atoms with van der Waals surface area (Å²) in [6.45, 7) is 1.96. The van der Waals surface area contributed by atoms with Gasteiger partial charge in [0.2, 0.25) is 0 Å². The average molecular weight is 413 g/mol. The standard InChI is InChI=1S/C24H23N5O2/c1-14-3-2-4-21(29-14)23-22(27-13-28-23)15-5-8-20-16(9-15)10-17(12-26-20)24(30)31-19-7-6-18(25)11-19/h2-5,8-10,12-13,18-19H,6-7,11,25H2,1H3,(H,27,28). The second-order valence-corrected chi connectivity index (χ2v) is 8.02. The summed E-state index contributed by atoms with van der Waals surface area (Å²) in [7, 11) is 0. The largest absolute Gasteiger partial charge is 0.459 e. The highest BCUT2D eigenvalue weighted by molar-refractivity contribution is 5.95. The Morgan fingerprint density at radius 3 is 2.87 bits per heavy atom. The first-order valence-corrected chi connectivity index (χ1v) is 10.4. The Kier molecular flexibility index (Phi) is 4.95. The van der Waals surface area contributed by atoms with Crippen molar-refractivity contribution in [2.45, 2.75) is 38.3 Å². The molecule has 5 rings (SSSR count). The van der Waals surface area contributed by atoms with Crippen molar-refractivity contribution in [2.75, 3.05) is 0 Å². The lowest BCUT2D eigenvalue weighted by Gasteiger charge is -2.12. The third kappa shape index (κ3) is 3.92. The van der Waals surface area contributed by atoms with Gasteiger partial charge in [-0.05, 0) is 56.5 Å². The molecule has 0 radical (unpaired) electrons. The SMILES string of the molecule is Cc1cccc(-c2[nH]cnc2-c2ccc3ncc(C(=O)OC4CCC(N)C4)cc3c2)n1. The molecule has 2 atom stereocenters. The van der Waals surface area contributed by atoms with Crippen LogP contribution in [0, 0.1) is 6.92 Å². The number of carbonyl (C=O) groups is 1. The Morgan fingerprint density at radius 2 is 2.06 bits per heavy atom. The van der Waals surface area contributed by atoms with Gasteiger partial charge >= 0.3 is 5.97 Å². The molecule has 1 aliphatic rings. The number of aromatic nitrogens is 4. The minimum atomic E-state index is -0.358. The molecule has 0 amide bonds. The summed E-state index contributed by atoms with van der Waals surface area (Å²) in [5.41, 5.74) is 11.5. The molecule has 1 aliphatic carbocycles. The molecule has 1 aromatic carbocycles. The first-order valence-electron chi connectivity index (χ1n) is 10.4. The number of esters is 1. The zero-order chi connectivity index (χ0) is 21.4. The van der Waals surface area contributed by atoms with Gasteiger partial charge in [0.1, 0.15) is 6.10 Å². The molecule has 1 saturated carbocycles. The molecule has 3 aromatic heterocycles. The molecule has 0 aliphatic heterocycles. The van der Waals surface area contributed by atoms with E-state index >= 15 is 0 Å². The molecule has 2 unspecified atom stereocenters. The monoisotopic (exact) mass is 413 g/mol. The van der Waals surface area contributed by atoms with Crippen LogP contribution in [-0.4, -0.2) is 38.1 Å². The van der Waals surface area contributed by atoms with Crippen molar-refractivity contribution in [3.05, 3.63) is 66.2 Å². The summed E-state index contributed by atoms with van der Waals surface area (Å²) in [4.78, 5) is 29.4. The smallest absolute Gasteiger partial charge is 0.339 e. The number of hydrogen-bond acceptors (Lipinski definition) is 6. The Balaban J connectivity index is 1.47. The van der Waals surface area contributed by atoms with Crippen molar-refractivity contribution in [1.29, 1.82) is 0 Å². The second-order valence-electron chi connectivity index (χ2n) is 8.02. The van der Waals surface area contributed by atoms with Crippen LogP contribution in [0.25, 0.3) is 33.5 Å². The molecular formula is C24H23N5O2. The predicted octanol–water partition coefficient (Wildman–Crippen LogP) is 4.03. The number of benzene rings is 1. The van der Waals surface area contributed by atoms with Gasteiger partial charge < -0.3 is 15.5 Å². The maximum absolute atomic E-state index is 12.6. The molecule has 3 N–H and O–H groups in total. The average Bonchev–Trinajstić information content (AvgIpc) is 3.42. The van der Waals surface area contributed by atoms with E-state index in [1.54, 1.807) is 12.5 Å². The van der Waals surface area contributed by atoms with Gasteiger partial charge in [0.25, 0.3) is 0 Å². The highest BCUT2D eigenvalue weighted by Crippen LogP contribution is 2.30. The van der Waals surface area contributed by atoms with Crippen molar-refractivity contribution >= 4 is 16.9 Å². The van der Waals surface area contributed by atoms with Crippen LogP contribution >= 0.6 is 0 Å². The Labute approximate surface area is 179 Å². The fraction of sp³-hybridized carbons (Fsp3) is 0.250. The van der Waals surface area contributed by atoms with E-state index < -0.39 is 0 Å². The van der Waals surface area contributed by atoms with Gasteiger partial charge in [0, 0.05) is 28.9 Å². The lowest BCUT2D eigenvalue weighted by Crippen LogP contribution is -2.20. The number of aryl methyl sites for hydroxylation is 1. The van der Waals surface area contributed by atoms with Gasteiger partial charge in [-0.15, -0.1) is 0 Å². The summed E-state index contributed by atoms with van der Waals surface area (Å²) >= 11 is 0. The molecule has 7 heteroatoms. The maximum atomic E-state index is 12.6. The van der Waals surface area contributed by atoms with E-state index in [0.29, 0.717) is 12.0 Å². The Hall–Kier alpha value is -3.58. The first kappa shape index (κ1) is 19.4. The van der Waals surface area contributed by atoms with Crippen LogP contribution in [0.2, 0.25) is 0 Å². The van der Waals surface area contributed by atoms with Gasteiger partial charge in [-0.2, -0.15) is 0 Å². The molecule has 4 aromatic rings. The zero-order valence-corrected chi connectivity index (χ0v) is 17.2. The number of nitrogens with one attached hydrogen (secondary N) is 1. The van der Waals surface area contributed by atoms with E-state index in [9.17, 15) is 4.79 Å². The number of fused-ring (bicyclic) bond motifs is 1. The molecule has 1 fully saturated rings. The topological polar surface area (TPSA) is 107 Å². The molecule has 0 spiro atoms. The van der Waals surface area contributed by atoms with Crippen molar-refractivity contribution in [1.82, 2.24) is 19.9 Å². The van der Waals surface area contributed by atoms with E-state index in [1.165, 1.54) is 0 Å². The number of pyridine rings is 2. The Morgan fingerprint density at radius 1 is 1.16 bits per heavy atom. The van der Waals surface area contributed by atoms with Crippen LogP contribution in [0.5, 0.6) is 0 Å². The van der Waals surface area contributed by atoms with Crippen LogP contribution in [0.4, 0.5) is 0 Å². The van der Waals surface area contributed by atoms with Crippen LogP contribution in [0.3, 0.4) is 0 Å². The van der Waals surface area contributed by atoms with E-state index in [1.807, 2.05) is 49.4 Å². The number of hydrogen-bond donors (Lipinski definition) is 2. The lowest BCUT2D eigenvalue weighted by atomic mass is 10.0. The summed E-state index contributed by atoms with van der Waals surface area (Å²) in [5, 5.41) is 0.848. The van der Waals surface area contributed by atoms with Crippen molar-refractivity contribution in [2.24, 2.45) is 5.73 Å². The summed E-state index contributed by atoms with van der Waals surface area (Å²) in [5.74, 6) is -0.358. The Bertz CT molecular complexity index is 1270. The molecular weight excluding hydrogens is 390 g/mol. The second kappa shape index (κ2) is 7.92. The number of rotatable bonds is 4. The number of carbonyl (C=O) groups excluding carboxylic acids is 1. The van der Waals surface area contributed by atoms with Crippen LogP contribution in [0.1, 0.15) is 35.3 Å². The third-order valence-corrected chi connectivity index (χ3v) is 5.67. The van der Waals surface area contributed by atoms with Crippen LogP contribution in [0.15, 0.2) is 55.0 Å². The number of imidazole rings is 1.